The van der Waals surface area contributed by atoms with Crippen LogP contribution in [0, 0.1) is 0 Å². The van der Waals surface area contributed by atoms with E-state index in [0.717, 1.165) is 0 Å². The van der Waals surface area contributed by atoms with E-state index in [1.54, 1.807) is 54.6 Å². The number of carbonyl (C=O) groups excluding carboxylic acids is 1. The number of ether oxygens (including phenoxy) is 2. The molecule has 140 valence electrons. The van der Waals surface area contributed by atoms with Crippen LogP contribution in [-0.2, 0) is 0 Å². The molecule has 0 atom stereocenters. The van der Waals surface area contributed by atoms with Crippen molar-refractivity contribution in [3.8, 4) is 28.6 Å². The van der Waals surface area contributed by atoms with E-state index >= 15 is 0 Å². The van der Waals surface area contributed by atoms with Crippen molar-refractivity contribution >= 4 is 40.3 Å². The van der Waals surface area contributed by atoms with Crippen LogP contribution in [0.2, 0.25) is 10.0 Å². The zero-order chi connectivity index (χ0) is 19.7. The van der Waals surface area contributed by atoms with E-state index in [9.17, 15) is 4.79 Å². The number of aromatic nitrogens is 2. The number of hydrogen-bond acceptors (Lipinski definition) is 4. The van der Waals surface area contributed by atoms with Crippen LogP contribution in [0.25, 0.3) is 22.4 Å². The van der Waals surface area contributed by atoms with Crippen molar-refractivity contribution in [2.45, 2.75) is 0 Å². The summed E-state index contributed by atoms with van der Waals surface area (Å²) in [5, 5.41) is 1.11. The number of amides is 1. The number of imidazole rings is 1. The van der Waals surface area contributed by atoms with Gasteiger partial charge in [-0.2, -0.15) is 0 Å². The van der Waals surface area contributed by atoms with Gasteiger partial charge in [-0.05, 0) is 48.5 Å². The molecule has 3 N–H and O–H groups in total. The molecule has 6 nitrogen and oxygen atoms in total. The molecule has 4 aromatic rings. The molecule has 1 aromatic heterocycles. The van der Waals surface area contributed by atoms with Gasteiger partial charge in [0.25, 0.3) is 0 Å². The van der Waals surface area contributed by atoms with E-state index in [-0.39, 0.29) is 0 Å². The number of nitrogens with zero attached hydrogens (tertiary/aromatic N) is 1. The quantitative estimate of drug-likeness (QED) is 0.443. The Kier molecular flexibility index (Phi) is 4.81. The van der Waals surface area contributed by atoms with E-state index in [4.69, 9.17) is 38.4 Å². The number of carbonyl (C=O) groups is 1. The summed E-state index contributed by atoms with van der Waals surface area (Å²) < 4.78 is 10.7. The predicted molar refractivity (Wildman–Crippen MR) is 108 cm³/mol. The number of aromatic amines is 1. The van der Waals surface area contributed by atoms with Gasteiger partial charge in [0.15, 0.2) is 0 Å². The number of nitrogens with one attached hydrogen (secondary N) is 1. The SMILES string of the molecule is NC(=O)Oc1ccc2nc(-c3ccc(Oc4ccc(Cl)cc4)cc3Cl)[nH]c2c1. The van der Waals surface area contributed by atoms with Gasteiger partial charge >= 0.3 is 6.09 Å². The molecule has 0 radical (unpaired) electrons. The van der Waals surface area contributed by atoms with Crippen molar-refractivity contribution in [2.24, 2.45) is 5.73 Å². The summed E-state index contributed by atoms with van der Waals surface area (Å²) in [4.78, 5) is 18.6. The predicted octanol–water partition coefficient (Wildman–Crippen LogP) is 5.79. The first-order valence-corrected chi connectivity index (χ1v) is 8.94. The Morgan fingerprint density at radius 1 is 0.929 bits per heavy atom. The van der Waals surface area contributed by atoms with Crippen LogP contribution in [-0.4, -0.2) is 16.1 Å². The number of H-pyrrole nitrogens is 1. The number of fused-ring (bicyclic) bond motifs is 1. The highest BCUT2D eigenvalue weighted by atomic mass is 35.5. The molecule has 1 amide bonds. The third kappa shape index (κ3) is 3.88. The summed E-state index contributed by atoms with van der Waals surface area (Å²) in [6.45, 7) is 0. The van der Waals surface area contributed by atoms with Crippen molar-refractivity contribution in [2.75, 3.05) is 0 Å². The second-order valence-corrected chi connectivity index (χ2v) is 6.73. The fourth-order valence-electron chi connectivity index (χ4n) is 2.69. The van der Waals surface area contributed by atoms with Crippen LogP contribution in [0.4, 0.5) is 4.79 Å². The first-order valence-electron chi connectivity index (χ1n) is 8.18. The summed E-state index contributed by atoms with van der Waals surface area (Å²) in [7, 11) is 0. The minimum Gasteiger partial charge on any atom is -0.457 e. The summed E-state index contributed by atoms with van der Waals surface area (Å²) >= 11 is 12.3. The third-order valence-electron chi connectivity index (χ3n) is 3.92. The summed E-state index contributed by atoms with van der Waals surface area (Å²) in [5.41, 5.74) is 7.13. The number of nitrogens with two attached hydrogens (primary N) is 1. The lowest BCUT2D eigenvalue weighted by Crippen LogP contribution is -2.16. The summed E-state index contributed by atoms with van der Waals surface area (Å²) in [6, 6.07) is 17.3. The van der Waals surface area contributed by atoms with E-state index < -0.39 is 6.09 Å². The summed E-state index contributed by atoms with van der Waals surface area (Å²) in [5.74, 6) is 2.14. The normalized spacial score (nSPS) is 10.8. The van der Waals surface area contributed by atoms with Crippen LogP contribution < -0.4 is 15.2 Å². The zero-order valence-electron chi connectivity index (χ0n) is 14.3. The molecule has 0 aliphatic heterocycles. The summed E-state index contributed by atoms with van der Waals surface area (Å²) in [6.07, 6.45) is -0.876. The Balaban J connectivity index is 1.61. The lowest BCUT2D eigenvalue weighted by atomic mass is 10.2. The fraction of sp³-hybridized carbons (Fsp3) is 0. The zero-order valence-corrected chi connectivity index (χ0v) is 15.8. The van der Waals surface area contributed by atoms with Crippen molar-refractivity contribution in [1.29, 1.82) is 0 Å². The molecule has 0 bridgehead atoms. The van der Waals surface area contributed by atoms with Gasteiger partial charge in [0.1, 0.15) is 23.1 Å². The molecule has 0 fully saturated rings. The molecule has 4 rings (SSSR count). The molecule has 0 aliphatic carbocycles. The van der Waals surface area contributed by atoms with Crippen molar-refractivity contribution in [3.63, 3.8) is 0 Å². The van der Waals surface area contributed by atoms with Gasteiger partial charge in [0.2, 0.25) is 0 Å². The molecule has 0 saturated carbocycles. The molecular formula is C20H13Cl2N3O3. The van der Waals surface area contributed by atoms with Crippen molar-refractivity contribution in [3.05, 3.63) is 70.7 Å². The first kappa shape index (κ1) is 18.2. The average Bonchev–Trinajstić information content (AvgIpc) is 3.06. The van der Waals surface area contributed by atoms with Crippen molar-refractivity contribution in [1.82, 2.24) is 9.97 Å². The highest BCUT2D eigenvalue weighted by molar-refractivity contribution is 6.33. The standard InChI is InChI=1S/C20H13Cl2N3O3/c21-11-1-3-12(4-2-11)27-13-5-7-15(16(22)9-13)19-24-17-8-6-14(28-20(23)26)10-18(17)25-19/h1-10H,(H2,23,26)(H,24,25). The molecule has 1 heterocycles. The van der Waals surface area contributed by atoms with E-state index in [1.807, 2.05) is 6.07 Å². The van der Waals surface area contributed by atoms with E-state index in [2.05, 4.69) is 9.97 Å². The molecule has 8 heteroatoms. The second-order valence-electron chi connectivity index (χ2n) is 5.88. The largest absolute Gasteiger partial charge is 0.457 e. The van der Waals surface area contributed by atoms with Crippen LogP contribution >= 0.6 is 23.2 Å². The lowest BCUT2D eigenvalue weighted by molar-refractivity contribution is 0.211. The Morgan fingerprint density at radius 2 is 1.64 bits per heavy atom. The van der Waals surface area contributed by atoms with Crippen LogP contribution in [0.15, 0.2) is 60.7 Å². The first-order chi connectivity index (χ1) is 13.5. The molecule has 0 saturated heterocycles. The Labute approximate surface area is 169 Å². The van der Waals surface area contributed by atoms with Gasteiger partial charge in [-0.15, -0.1) is 0 Å². The van der Waals surface area contributed by atoms with Crippen LogP contribution in [0.5, 0.6) is 17.2 Å². The molecule has 0 unspecified atom stereocenters. The van der Waals surface area contributed by atoms with Crippen LogP contribution in [0.1, 0.15) is 0 Å². The molecule has 0 aliphatic rings. The van der Waals surface area contributed by atoms with Gasteiger partial charge in [-0.1, -0.05) is 23.2 Å². The second kappa shape index (κ2) is 7.42. The number of hydrogen-bond donors (Lipinski definition) is 2. The van der Waals surface area contributed by atoms with E-state index in [0.29, 0.717) is 49.7 Å². The number of primary amides is 1. The number of rotatable bonds is 4. The highest BCUT2D eigenvalue weighted by Crippen LogP contribution is 2.33. The van der Waals surface area contributed by atoms with Gasteiger partial charge < -0.3 is 20.2 Å². The minimum atomic E-state index is -0.876. The maximum Gasteiger partial charge on any atom is 0.409 e. The maximum absolute atomic E-state index is 10.9. The number of benzene rings is 3. The van der Waals surface area contributed by atoms with Gasteiger partial charge in [0, 0.05) is 22.7 Å². The Morgan fingerprint density at radius 3 is 2.36 bits per heavy atom. The maximum atomic E-state index is 10.9. The third-order valence-corrected chi connectivity index (χ3v) is 4.48. The van der Waals surface area contributed by atoms with Gasteiger partial charge in [0.05, 0.1) is 16.1 Å². The Bertz CT molecular complexity index is 1170. The molecule has 3 aromatic carbocycles. The smallest absolute Gasteiger partial charge is 0.409 e. The number of halogens is 2. The van der Waals surface area contributed by atoms with Gasteiger partial charge in [-0.3, -0.25) is 0 Å². The van der Waals surface area contributed by atoms with Crippen LogP contribution in [0.3, 0.4) is 0 Å². The highest BCUT2D eigenvalue weighted by Gasteiger charge is 2.12. The van der Waals surface area contributed by atoms with Gasteiger partial charge in [-0.25, -0.2) is 9.78 Å². The fourth-order valence-corrected chi connectivity index (χ4v) is 3.07. The topological polar surface area (TPSA) is 90.2 Å². The Hall–Kier alpha value is -3.22. The molecule has 28 heavy (non-hydrogen) atoms. The van der Waals surface area contributed by atoms with E-state index in [1.165, 1.54) is 0 Å². The minimum absolute atomic E-state index is 0.327. The molecule has 0 spiro atoms. The monoisotopic (exact) mass is 413 g/mol. The molecular weight excluding hydrogens is 401 g/mol. The lowest BCUT2D eigenvalue weighted by Gasteiger charge is -2.08. The average molecular weight is 414 g/mol. The van der Waals surface area contributed by atoms with Crippen molar-refractivity contribution < 1.29 is 14.3 Å².